The van der Waals surface area contributed by atoms with E-state index in [0.29, 0.717) is 25.2 Å². The maximum absolute atomic E-state index is 13.8. The molecule has 4 nitrogen and oxygen atoms in total. The minimum absolute atomic E-state index is 0.0130. The van der Waals surface area contributed by atoms with Gasteiger partial charge in [0.05, 0.1) is 10.6 Å². The van der Waals surface area contributed by atoms with Gasteiger partial charge in [0.2, 0.25) is 10.0 Å². The number of aliphatic hydroxyl groups is 1. The van der Waals surface area contributed by atoms with E-state index in [2.05, 4.69) is 0 Å². The van der Waals surface area contributed by atoms with Crippen LogP contribution >= 0.6 is 23.2 Å². The lowest BCUT2D eigenvalue weighted by molar-refractivity contribution is -0.303. The normalized spacial score (nSPS) is 15.4. The fourth-order valence-electron chi connectivity index (χ4n) is 2.43. The van der Waals surface area contributed by atoms with Gasteiger partial charge in [-0.3, -0.25) is 0 Å². The third-order valence-electron chi connectivity index (χ3n) is 3.98. The molecule has 0 saturated carbocycles. The molecule has 13 heteroatoms. The zero-order valence-corrected chi connectivity index (χ0v) is 16.5. The molecule has 0 amide bonds. The largest absolute Gasteiger partial charge is 0.436 e. The molecule has 0 spiro atoms. The minimum Gasteiger partial charge on any atom is -0.363 e. The molecule has 0 bridgehead atoms. The number of alkyl halides is 6. The summed E-state index contributed by atoms with van der Waals surface area (Å²) >= 11 is 11.4. The highest BCUT2D eigenvalue weighted by molar-refractivity contribution is 7.89. The summed E-state index contributed by atoms with van der Waals surface area (Å²) < 4.78 is 105. The quantitative estimate of drug-likeness (QED) is 0.491. The first kappa shape index (κ1) is 23.7. The molecule has 2 aromatic rings. The summed E-state index contributed by atoms with van der Waals surface area (Å²) in [4.78, 5) is -0.871. The summed E-state index contributed by atoms with van der Waals surface area (Å²) in [6.07, 6.45) is -10.7. The van der Waals surface area contributed by atoms with Crippen molar-refractivity contribution in [2.75, 3.05) is 7.05 Å². The number of halogens is 8. The van der Waals surface area contributed by atoms with Gasteiger partial charge < -0.3 is 5.11 Å². The van der Waals surface area contributed by atoms with Gasteiger partial charge in [-0.2, -0.15) is 30.6 Å². The van der Waals surface area contributed by atoms with Gasteiger partial charge in [0.1, 0.15) is 4.90 Å². The molecular formula is C16H11Cl2F6NO3S. The van der Waals surface area contributed by atoms with Crippen LogP contribution in [-0.2, 0) is 21.9 Å². The summed E-state index contributed by atoms with van der Waals surface area (Å²) in [7, 11) is -4.80. The number of nitrogens with zero attached hydrogens (tertiary/aromatic N) is 1. The fourth-order valence-corrected chi connectivity index (χ4v) is 4.52. The highest BCUT2D eigenvalue weighted by Crippen LogP contribution is 2.45. The van der Waals surface area contributed by atoms with Gasteiger partial charge in [-0.15, -0.1) is 0 Å². The topological polar surface area (TPSA) is 57.6 Å². The molecule has 0 aliphatic carbocycles. The monoisotopic (exact) mass is 481 g/mol. The Hall–Kier alpha value is -1.53. The van der Waals surface area contributed by atoms with Crippen LogP contribution in [0.15, 0.2) is 47.4 Å². The molecule has 0 aliphatic heterocycles. The summed E-state index contributed by atoms with van der Waals surface area (Å²) in [6, 6.07) is 4.55. The average molecular weight is 482 g/mol. The maximum atomic E-state index is 13.8. The van der Waals surface area contributed by atoms with E-state index in [1.165, 1.54) is 6.07 Å². The summed E-state index contributed by atoms with van der Waals surface area (Å²) in [5.41, 5.74) is -7.20. The van der Waals surface area contributed by atoms with Crippen molar-refractivity contribution in [3.05, 3.63) is 63.6 Å². The first-order valence-electron chi connectivity index (χ1n) is 7.44. The van der Waals surface area contributed by atoms with Gasteiger partial charge in [-0.25, -0.2) is 8.42 Å². The lowest BCUT2D eigenvalue weighted by Crippen LogP contribution is -2.56. The maximum Gasteiger partial charge on any atom is 0.436 e. The van der Waals surface area contributed by atoms with Crippen molar-refractivity contribution < 1.29 is 39.9 Å². The van der Waals surface area contributed by atoms with E-state index in [4.69, 9.17) is 23.2 Å². The van der Waals surface area contributed by atoms with Gasteiger partial charge in [-0.1, -0.05) is 35.3 Å². The molecule has 29 heavy (non-hydrogen) atoms. The van der Waals surface area contributed by atoms with Crippen LogP contribution < -0.4 is 0 Å². The molecule has 160 valence electrons. The molecule has 1 atom stereocenters. The van der Waals surface area contributed by atoms with E-state index in [1.807, 2.05) is 0 Å². The molecule has 0 radical (unpaired) electrons. The molecule has 0 aliphatic rings. The summed E-state index contributed by atoms with van der Waals surface area (Å²) in [5, 5.41) is 9.72. The van der Waals surface area contributed by atoms with E-state index in [-0.39, 0.29) is 11.1 Å². The second-order valence-electron chi connectivity index (χ2n) is 5.80. The fraction of sp³-hybridized carbons (Fsp3) is 0.250. The SMILES string of the molecule is CN(C(O)(c1cccc(C(F)(F)F)c1)C(F)(F)F)S(=O)(=O)c1cc(Cl)ccc1Cl. The van der Waals surface area contributed by atoms with Crippen molar-refractivity contribution in [1.82, 2.24) is 4.31 Å². The zero-order valence-electron chi connectivity index (χ0n) is 14.2. The number of hydrogen-bond donors (Lipinski definition) is 1. The molecule has 0 heterocycles. The standard InChI is InChI=1S/C16H11Cl2F6NO3S/c1-25(29(27,28)13-8-11(17)5-6-12(13)18)14(26,16(22,23)24)9-3-2-4-10(7-9)15(19,20)21/h2-8,26H,1H3. The minimum atomic E-state index is -5.72. The summed E-state index contributed by atoms with van der Waals surface area (Å²) in [5.74, 6) is 0. The van der Waals surface area contributed by atoms with Gasteiger partial charge in [0, 0.05) is 17.6 Å². The number of rotatable bonds is 4. The van der Waals surface area contributed by atoms with Gasteiger partial charge >= 0.3 is 12.4 Å². The van der Waals surface area contributed by atoms with Gasteiger partial charge in [0.25, 0.3) is 5.72 Å². The second-order valence-corrected chi connectivity index (χ2v) is 8.58. The lowest BCUT2D eigenvalue weighted by Gasteiger charge is -2.38. The van der Waals surface area contributed by atoms with Crippen molar-refractivity contribution in [3.63, 3.8) is 0 Å². The average Bonchev–Trinajstić information content (AvgIpc) is 2.60. The molecule has 2 aromatic carbocycles. The molecule has 1 N–H and O–H groups in total. The first-order chi connectivity index (χ1) is 13.0. The Morgan fingerprint density at radius 3 is 2.00 bits per heavy atom. The van der Waals surface area contributed by atoms with Crippen LogP contribution in [0, 0.1) is 0 Å². The second kappa shape index (κ2) is 7.62. The van der Waals surface area contributed by atoms with Gasteiger partial charge in [0.15, 0.2) is 0 Å². The lowest BCUT2D eigenvalue weighted by atomic mass is 9.99. The first-order valence-corrected chi connectivity index (χ1v) is 9.63. The van der Waals surface area contributed by atoms with Crippen molar-refractivity contribution in [3.8, 4) is 0 Å². The highest BCUT2D eigenvalue weighted by Gasteiger charge is 2.61. The smallest absolute Gasteiger partial charge is 0.363 e. The summed E-state index contributed by atoms with van der Waals surface area (Å²) in [6.45, 7) is 0. The Morgan fingerprint density at radius 2 is 1.48 bits per heavy atom. The van der Waals surface area contributed by atoms with Crippen molar-refractivity contribution in [1.29, 1.82) is 0 Å². The highest BCUT2D eigenvalue weighted by atomic mass is 35.5. The van der Waals surface area contributed by atoms with E-state index >= 15 is 0 Å². The predicted octanol–water partition coefficient (Wildman–Crippen LogP) is 5.04. The third-order valence-corrected chi connectivity index (χ3v) is 6.53. The van der Waals surface area contributed by atoms with Crippen molar-refractivity contribution in [2.45, 2.75) is 23.0 Å². The van der Waals surface area contributed by atoms with Crippen LogP contribution in [0.3, 0.4) is 0 Å². The van der Waals surface area contributed by atoms with Crippen LogP contribution in [0.4, 0.5) is 26.3 Å². The number of hydrogen-bond acceptors (Lipinski definition) is 3. The van der Waals surface area contributed by atoms with Gasteiger partial charge in [-0.05, 0) is 30.3 Å². The van der Waals surface area contributed by atoms with Crippen LogP contribution in [0.5, 0.6) is 0 Å². The molecule has 0 aromatic heterocycles. The van der Waals surface area contributed by atoms with Crippen LogP contribution in [-0.4, -0.2) is 31.1 Å². The molecule has 2 rings (SSSR count). The predicted molar refractivity (Wildman–Crippen MR) is 92.8 cm³/mol. The Morgan fingerprint density at radius 1 is 0.931 bits per heavy atom. The van der Waals surface area contributed by atoms with Crippen molar-refractivity contribution >= 4 is 33.2 Å². The van der Waals surface area contributed by atoms with Crippen molar-refractivity contribution in [2.24, 2.45) is 0 Å². The Bertz CT molecular complexity index is 1030. The molecule has 1 unspecified atom stereocenters. The van der Waals surface area contributed by atoms with E-state index in [0.717, 1.165) is 12.1 Å². The molecular weight excluding hydrogens is 471 g/mol. The Balaban J connectivity index is 2.74. The number of sulfonamides is 1. The zero-order chi connectivity index (χ0) is 22.4. The Labute approximate surface area is 171 Å². The van der Waals surface area contributed by atoms with E-state index < -0.39 is 53.5 Å². The third kappa shape index (κ3) is 4.33. The molecule has 0 saturated heterocycles. The number of benzene rings is 2. The molecule has 0 fully saturated rings. The van der Waals surface area contributed by atoms with Crippen LogP contribution in [0.2, 0.25) is 10.0 Å². The Kier molecular flexibility index (Phi) is 6.24. The van der Waals surface area contributed by atoms with E-state index in [9.17, 15) is 39.9 Å². The van der Waals surface area contributed by atoms with E-state index in [1.54, 1.807) is 0 Å². The van der Waals surface area contributed by atoms with Crippen LogP contribution in [0.1, 0.15) is 11.1 Å². The van der Waals surface area contributed by atoms with Crippen LogP contribution in [0.25, 0.3) is 0 Å².